The number of anilines is 2. The summed E-state index contributed by atoms with van der Waals surface area (Å²) in [6.07, 6.45) is 3.56. The normalized spacial score (nSPS) is 13.9. The predicted octanol–water partition coefficient (Wildman–Crippen LogP) is 2.04. The lowest BCUT2D eigenvalue weighted by atomic mass is 10.3. The summed E-state index contributed by atoms with van der Waals surface area (Å²) in [4.78, 5) is 8.88. The molecule has 6 heteroatoms. The number of nitrogens with zero attached hydrogens (tertiary/aromatic N) is 2. The second kappa shape index (κ2) is 8.09. The van der Waals surface area contributed by atoms with Gasteiger partial charge in [-0.15, -0.1) is 0 Å². The Morgan fingerprint density at radius 3 is 2.58 bits per heavy atom. The van der Waals surface area contributed by atoms with Gasteiger partial charge in [-0.05, 0) is 13.3 Å². The van der Waals surface area contributed by atoms with Crippen molar-refractivity contribution in [3.8, 4) is 0 Å². The zero-order chi connectivity index (χ0) is 14.3. The molecule has 0 aromatic carbocycles. The first-order chi connectivity index (χ1) is 9.05. The van der Waals surface area contributed by atoms with Crippen LogP contribution in [-0.4, -0.2) is 38.8 Å². The highest BCUT2D eigenvalue weighted by Gasteiger charge is 2.08. The monoisotopic (exact) mass is 284 g/mol. The standard InChI is InChI=1S/C13H24N4OS/c1-5-7-14-12-8-13(17-11(6-2)16-12)15-10(3)9-19(4)18/h8,10H,5-7,9H2,1-4H3,(H2,14,15,16,17). The minimum absolute atomic E-state index is 0.129. The van der Waals surface area contributed by atoms with Crippen molar-refractivity contribution < 1.29 is 4.21 Å². The maximum atomic E-state index is 11.2. The number of nitrogens with one attached hydrogen (secondary N) is 2. The number of aryl methyl sites for hydroxylation is 1. The molecular weight excluding hydrogens is 260 g/mol. The maximum absolute atomic E-state index is 11.2. The lowest BCUT2D eigenvalue weighted by molar-refractivity contribution is 0.682. The van der Waals surface area contributed by atoms with Crippen molar-refractivity contribution in [3.63, 3.8) is 0 Å². The Labute approximate surface area is 118 Å². The van der Waals surface area contributed by atoms with Crippen LogP contribution in [0.3, 0.4) is 0 Å². The summed E-state index contributed by atoms with van der Waals surface area (Å²) in [6.45, 7) is 7.06. The highest BCUT2D eigenvalue weighted by Crippen LogP contribution is 2.13. The Bertz CT molecular complexity index is 425. The van der Waals surface area contributed by atoms with Gasteiger partial charge in [0.05, 0.1) is 0 Å². The highest BCUT2D eigenvalue weighted by atomic mass is 32.2. The molecule has 2 unspecified atom stereocenters. The summed E-state index contributed by atoms with van der Waals surface area (Å²) in [6, 6.07) is 2.04. The molecule has 108 valence electrons. The van der Waals surface area contributed by atoms with Gasteiger partial charge < -0.3 is 10.6 Å². The van der Waals surface area contributed by atoms with Crippen molar-refractivity contribution in [1.29, 1.82) is 0 Å². The van der Waals surface area contributed by atoms with Crippen molar-refractivity contribution in [2.24, 2.45) is 0 Å². The van der Waals surface area contributed by atoms with E-state index >= 15 is 0 Å². The van der Waals surface area contributed by atoms with Crippen LogP contribution in [0.1, 0.15) is 33.0 Å². The molecule has 0 amide bonds. The number of rotatable bonds is 8. The smallest absolute Gasteiger partial charge is 0.132 e. The molecule has 0 fully saturated rings. The van der Waals surface area contributed by atoms with Crippen LogP contribution in [0.15, 0.2) is 6.07 Å². The van der Waals surface area contributed by atoms with Gasteiger partial charge in [-0.25, -0.2) is 9.97 Å². The summed E-state index contributed by atoms with van der Waals surface area (Å²) >= 11 is 0. The van der Waals surface area contributed by atoms with E-state index in [0.717, 1.165) is 36.8 Å². The largest absolute Gasteiger partial charge is 0.370 e. The molecule has 19 heavy (non-hydrogen) atoms. The van der Waals surface area contributed by atoms with Crippen LogP contribution in [0, 0.1) is 0 Å². The van der Waals surface area contributed by atoms with Crippen LogP contribution < -0.4 is 10.6 Å². The molecular formula is C13H24N4OS. The van der Waals surface area contributed by atoms with Crippen molar-refractivity contribution in [2.45, 2.75) is 39.7 Å². The van der Waals surface area contributed by atoms with E-state index in [9.17, 15) is 4.21 Å². The first kappa shape index (κ1) is 15.9. The van der Waals surface area contributed by atoms with Gasteiger partial charge in [0.25, 0.3) is 0 Å². The van der Waals surface area contributed by atoms with E-state index in [1.54, 1.807) is 6.26 Å². The zero-order valence-corrected chi connectivity index (χ0v) is 13.0. The van der Waals surface area contributed by atoms with Crippen LogP contribution in [0.4, 0.5) is 11.6 Å². The fourth-order valence-corrected chi connectivity index (χ4v) is 2.51. The lowest BCUT2D eigenvalue weighted by Gasteiger charge is -2.15. The summed E-state index contributed by atoms with van der Waals surface area (Å²) in [5.41, 5.74) is 0. The molecule has 1 aromatic heterocycles. The molecule has 2 N–H and O–H groups in total. The number of aromatic nitrogens is 2. The molecule has 0 aliphatic rings. The average molecular weight is 284 g/mol. The molecule has 0 bridgehead atoms. The van der Waals surface area contributed by atoms with Gasteiger partial charge in [0.15, 0.2) is 0 Å². The second-order valence-electron chi connectivity index (χ2n) is 4.62. The van der Waals surface area contributed by atoms with E-state index in [2.05, 4.69) is 27.5 Å². The summed E-state index contributed by atoms with van der Waals surface area (Å²) in [5, 5.41) is 6.55. The average Bonchev–Trinajstić information content (AvgIpc) is 2.34. The van der Waals surface area contributed by atoms with Crippen molar-refractivity contribution in [2.75, 3.05) is 29.2 Å². The molecule has 1 aromatic rings. The molecule has 0 saturated carbocycles. The zero-order valence-electron chi connectivity index (χ0n) is 12.2. The fraction of sp³-hybridized carbons (Fsp3) is 0.692. The summed E-state index contributed by atoms with van der Waals surface area (Å²) < 4.78 is 11.2. The van der Waals surface area contributed by atoms with Gasteiger partial charge in [0.1, 0.15) is 17.5 Å². The van der Waals surface area contributed by atoms with E-state index in [-0.39, 0.29) is 6.04 Å². The third-order valence-corrected chi connectivity index (χ3v) is 3.49. The molecule has 5 nitrogen and oxygen atoms in total. The molecule has 0 aliphatic carbocycles. The Kier molecular flexibility index (Phi) is 6.77. The molecule has 1 heterocycles. The van der Waals surface area contributed by atoms with Gasteiger partial charge in [0.2, 0.25) is 0 Å². The Morgan fingerprint density at radius 2 is 2.00 bits per heavy atom. The van der Waals surface area contributed by atoms with Gasteiger partial charge in [-0.3, -0.25) is 4.21 Å². The topological polar surface area (TPSA) is 66.9 Å². The molecule has 1 rings (SSSR count). The predicted molar refractivity (Wildman–Crippen MR) is 82.2 cm³/mol. The third-order valence-electron chi connectivity index (χ3n) is 2.52. The quantitative estimate of drug-likeness (QED) is 0.764. The third kappa shape index (κ3) is 6.00. The summed E-state index contributed by atoms with van der Waals surface area (Å²) in [5.74, 6) is 3.07. The second-order valence-corrected chi connectivity index (χ2v) is 6.10. The van der Waals surface area contributed by atoms with E-state index in [0.29, 0.717) is 5.75 Å². The van der Waals surface area contributed by atoms with Gasteiger partial charge in [-0.1, -0.05) is 13.8 Å². The molecule has 2 atom stereocenters. The van der Waals surface area contributed by atoms with Crippen LogP contribution in [0.2, 0.25) is 0 Å². The minimum Gasteiger partial charge on any atom is -0.370 e. The first-order valence-corrected chi connectivity index (χ1v) is 8.46. The van der Waals surface area contributed by atoms with Crippen LogP contribution >= 0.6 is 0 Å². The van der Waals surface area contributed by atoms with Crippen molar-refractivity contribution in [3.05, 3.63) is 11.9 Å². The van der Waals surface area contributed by atoms with E-state index in [4.69, 9.17) is 0 Å². The van der Waals surface area contributed by atoms with E-state index < -0.39 is 10.8 Å². The summed E-state index contributed by atoms with van der Waals surface area (Å²) in [7, 11) is -0.808. The van der Waals surface area contributed by atoms with Gasteiger partial charge >= 0.3 is 0 Å². The number of hydrogen-bond donors (Lipinski definition) is 2. The maximum Gasteiger partial charge on any atom is 0.132 e. The minimum atomic E-state index is -0.808. The SMILES string of the molecule is CCCNc1cc(NC(C)CS(C)=O)nc(CC)n1. The van der Waals surface area contributed by atoms with Gasteiger partial charge in [-0.2, -0.15) is 0 Å². The van der Waals surface area contributed by atoms with Crippen molar-refractivity contribution in [1.82, 2.24) is 9.97 Å². The Morgan fingerprint density at radius 1 is 1.32 bits per heavy atom. The first-order valence-electron chi connectivity index (χ1n) is 6.73. The molecule has 0 saturated heterocycles. The molecule has 0 spiro atoms. The molecule has 0 radical (unpaired) electrons. The lowest BCUT2D eigenvalue weighted by Crippen LogP contribution is -2.23. The highest BCUT2D eigenvalue weighted by molar-refractivity contribution is 7.84. The fourth-order valence-electron chi connectivity index (χ4n) is 1.72. The van der Waals surface area contributed by atoms with Crippen LogP contribution in [0.5, 0.6) is 0 Å². The van der Waals surface area contributed by atoms with Crippen molar-refractivity contribution >= 4 is 22.4 Å². The Balaban J connectivity index is 2.78. The van der Waals surface area contributed by atoms with Gasteiger partial charge in [0, 0.05) is 47.9 Å². The Hall–Kier alpha value is -1.17. The number of hydrogen-bond acceptors (Lipinski definition) is 5. The van der Waals surface area contributed by atoms with Crippen LogP contribution in [-0.2, 0) is 17.2 Å². The van der Waals surface area contributed by atoms with E-state index in [1.165, 1.54) is 0 Å². The van der Waals surface area contributed by atoms with Crippen LogP contribution in [0.25, 0.3) is 0 Å². The molecule has 0 aliphatic heterocycles. The van der Waals surface area contributed by atoms with E-state index in [1.807, 2.05) is 19.9 Å².